The number of hydrogen-bond acceptors (Lipinski definition) is 5. The maximum absolute atomic E-state index is 12.8. The molecule has 0 aliphatic carbocycles. The molecule has 0 saturated heterocycles. The van der Waals surface area contributed by atoms with Crippen molar-refractivity contribution in [2.45, 2.75) is 38.3 Å². The molecule has 0 amide bonds. The van der Waals surface area contributed by atoms with Crippen LogP contribution >= 0.6 is 0 Å². The molecule has 0 radical (unpaired) electrons. The number of rotatable bonds is 9. The van der Waals surface area contributed by atoms with Gasteiger partial charge >= 0.3 is 10.1 Å². The average Bonchev–Trinajstić information content (AvgIpc) is 2.74. The van der Waals surface area contributed by atoms with Crippen molar-refractivity contribution >= 4 is 15.9 Å². The number of ketones is 1. The summed E-state index contributed by atoms with van der Waals surface area (Å²) in [7, 11) is -3.92. The number of benzene rings is 3. The SMILES string of the molecule is Cc1ccc(S(=O)(=O)Oc2ccc(C(=O)CN(Cc3ccccc3)C(C)C)cc2)cc1. The summed E-state index contributed by atoms with van der Waals surface area (Å²) < 4.78 is 30.1. The van der Waals surface area contributed by atoms with Crippen molar-refractivity contribution in [3.05, 3.63) is 95.6 Å². The van der Waals surface area contributed by atoms with Gasteiger partial charge < -0.3 is 4.18 Å². The summed E-state index contributed by atoms with van der Waals surface area (Å²) in [6, 6.07) is 22.9. The Labute approximate surface area is 184 Å². The summed E-state index contributed by atoms with van der Waals surface area (Å²) in [6.07, 6.45) is 0. The van der Waals surface area contributed by atoms with Crippen molar-refractivity contribution in [1.29, 1.82) is 0 Å². The lowest BCUT2D eigenvalue weighted by Gasteiger charge is -2.25. The van der Waals surface area contributed by atoms with Crippen LogP contribution in [0.25, 0.3) is 0 Å². The zero-order chi connectivity index (χ0) is 22.4. The van der Waals surface area contributed by atoms with E-state index in [2.05, 4.69) is 18.7 Å². The Hall–Kier alpha value is -2.96. The third-order valence-electron chi connectivity index (χ3n) is 5.00. The van der Waals surface area contributed by atoms with Gasteiger partial charge in [0.2, 0.25) is 0 Å². The zero-order valence-corrected chi connectivity index (χ0v) is 18.8. The van der Waals surface area contributed by atoms with Crippen molar-refractivity contribution in [2.24, 2.45) is 0 Å². The van der Waals surface area contributed by atoms with Crippen LogP contribution < -0.4 is 4.18 Å². The fourth-order valence-electron chi connectivity index (χ4n) is 3.09. The van der Waals surface area contributed by atoms with Gasteiger partial charge in [0, 0.05) is 18.2 Å². The number of aryl methyl sites for hydroxylation is 1. The molecule has 0 aliphatic heterocycles. The molecule has 6 heteroatoms. The highest BCUT2D eigenvalue weighted by molar-refractivity contribution is 7.87. The second-order valence-corrected chi connectivity index (χ2v) is 9.33. The number of Topliss-reactive ketones (excluding diaryl/α,β-unsaturated/α-hetero) is 1. The van der Waals surface area contributed by atoms with Crippen LogP contribution in [0.3, 0.4) is 0 Å². The van der Waals surface area contributed by atoms with Crippen LogP contribution in [-0.4, -0.2) is 31.7 Å². The molecular formula is C25H27NO4S. The lowest BCUT2D eigenvalue weighted by Crippen LogP contribution is -2.35. The Bertz CT molecular complexity index is 1110. The van der Waals surface area contributed by atoms with E-state index in [-0.39, 0.29) is 29.0 Å². The van der Waals surface area contributed by atoms with E-state index in [0.29, 0.717) is 12.1 Å². The van der Waals surface area contributed by atoms with Gasteiger partial charge in [0.25, 0.3) is 0 Å². The lowest BCUT2D eigenvalue weighted by molar-refractivity contribution is 0.0898. The number of nitrogens with zero attached hydrogens (tertiary/aromatic N) is 1. The summed E-state index contributed by atoms with van der Waals surface area (Å²) in [4.78, 5) is 15.0. The van der Waals surface area contributed by atoms with Gasteiger partial charge in [-0.2, -0.15) is 8.42 Å². The van der Waals surface area contributed by atoms with Gasteiger partial charge in [0.1, 0.15) is 10.6 Å². The smallest absolute Gasteiger partial charge is 0.339 e. The van der Waals surface area contributed by atoms with Crippen LogP contribution in [0.5, 0.6) is 5.75 Å². The number of carbonyl (C=O) groups is 1. The maximum atomic E-state index is 12.8. The molecule has 0 N–H and O–H groups in total. The fourth-order valence-corrected chi connectivity index (χ4v) is 4.02. The summed E-state index contributed by atoms with van der Waals surface area (Å²) in [5.74, 6) is 0.139. The Morgan fingerprint density at radius 3 is 2.10 bits per heavy atom. The quantitative estimate of drug-likeness (QED) is 0.353. The number of carbonyl (C=O) groups excluding carboxylic acids is 1. The van der Waals surface area contributed by atoms with E-state index in [1.54, 1.807) is 24.3 Å². The topological polar surface area (TPSA) is 63.7 Å². The third-order valence-corrected chi connectivity index (χ3v) is 6.26. The Morgan fingerprint density at radius 1 is 0.903 bits per heavy atom. The van der Waals surface area contributed by atoms with E-state index >= 15 is 0 Å². The zero-order valence-electron chi connectivity index (χ0n) is 18.0. The molecule has 0 unspecified atom stereocenters. The normalized spacial score (nSPS) is 11.6. The first kappa shape index (κ1) is 22.7. The molecule has 0 heterocycles. The molecule has 5 nitrogen and oxygen atoms in total. The van der Waals surface area contributed by atoms with Crippen molar-refractivity contribution in [2.75, 3.05) is 6.54 Å². The minimum atomic E-state index is -3.92. The molecule has 0 atom stereocenters. The van der Waals surface area contributed by atoms with Gasteiger partial charge in [-0.3, -0.25) is 9.69 Å². The molecule has 0 aromatic heterocycles. The highest BCUT2D eigenvalue weighted by Crippen LogP contribution is 2.20. The largest absolute Gasteiger partial charge is 0.379 e. The molecule has 0 fully saturated rings. The van der Waals surface area contributed by atoms with Gasteiger partial charge in [-0.1, -0.05) is 48.0 Å². The first-order valence-electron chi connectivity index (χ1n) is 10.2. The van der Waals surface area contributed by atoms with E-state index in [0.717, 1.165) is 11.1 Å². The van der Waals surface area contributed by atoms with Crippen LogP contribution in [0.1, 0.15) is 35.3 Å². The molecule has 162 valence electrons. The standard InChI is InChI=1S/C25H27NO4S/c1-19(2)26(17-21-7-5-4-6-8-21)18-25(27)22-11-13-23(14-12-22)30-31(28,29)24-15-9-20(3)10-16-24/h4-16,19H,17-18H2,1-3H3. The summed E-state index contributed by atoms with van der Waals surface area (Å²) >= 11 is 0. The number of hydrogen-bond donors (Lipinski definition) is 0. The molecular weight excluding hydrogens is 410 g/mol. The summed E-state index contributed by atoms with van der Waals surface area (Å²) in [6.45, 7) is 6.95. The van der Waals surface area contributed by atoms with E-state index in [1.807, 2.05) is 37.3 Å². The predicted molar refractivity (Wildman–Crippen MR) is 122 cm³/mol. The van der Waals surface area contributed by atoms with E-state index < -0.39 is 10.1 Å². The predicted octanol–water partition coefficient (Wildman–Crippen LogP) is 4.86. The van der Waals surface area contributed by atoms with Crippen LogP contribution in [0.15, 0.2) is 83.8 Å². The van der Waals surface area contributed by atoms with Crippen molar-refractivity contribution in [3.63, 3.8) is 0 Å². The van der Waals surface area contributed by atoms with Crippen LogP contribution in [0, 0.1) is 6.92 Å². The summed E-state index contributed by atoms with van der Waals surface area (Å²) in [5.41, 5.74) is 2.62. The van der Waals surface area contributed by atoms with E-state index in [4.69, 9.17) is 4.18 Å². The van der Waals surface area contributed by atoms with Crippen LogP contribution in [-0.2, 0) is 16.7 Å². The molecule has 0 saturated carbocycles. The maximum Gasteiger partial charge on any atom is 0.339 e. The molecule has 31 heavy (non-hydrogen) atoms. The highest BCUT2D eigenvalue weighted by Gasteiger charge is 2.18. The average molecular weight is 438 g/mol. The monoisotopic (exact) mass is 437 g/mol. The molecule has 0 aliphatic rings. The van der Waals surface area contributed by atoms with Gasteiger partial charge in [0.15, 0.2) is 5.78 Å². The third kappa shape index (κ3) is 6.26. The molecule has 3 aromatic rings. The Morgan fingerprint density at radius 2 is 1.52 bits per heavy atom. The first-order valence-corrected chi connectivity index (χ1v) is 11.6. The van der Waals surface area contributed by atoms with Crippen LogP contribution in [0.4, 0.5) is 0 Å². The molecule has 3 rings (SSSR count). The second-order valence-electron chi connectivity index (χ2n) is 7.78. The lowest BCUT2D eigenvalue weighted by atomic mass is 10.1. The highest BCUT2D eigenvalue weighted by atomic mass is 32.2. The van der Waals surface area contributed by atoms with Crippen LogP contribution in [0.2, 0.25) is 0 Å². The van der Waals surface area contributed by atoms with Crippen molar-refractivity contribution in [3.8, 4) is 5.75 Å². The Kier molecular flexibility index (Phi) is 7.25. The van der Waals surface area contributed by atoms with Gasteiger partial charge in [0.05, 0.1) is 6.54 Å². The van der Waals surface area contributed by atoms with Gasteiger partial charge in [-0.05, 0) is 62.7 Å². The van der Waals surface area contributed by atoms with Crippen molar-refractivity contribution in [1.82, 2.24) is 4.90 Å². The van der Waals surface area contributed by atoms with Gasteiger partial charge in [-0.25, -0.2) is 0 Å². The van der Waals surface area contributed by atoms with Crippen molar-refractivity contribution < 1.29 is 17.4 Å². The van der Waals surface area contributed by atoms with E-state index in [1.165, 1.54) is 24.3 Å². The molecule has 3 aromatic carbocycles. The second kappa shape index (κ2) is 9.90. The van der Waals surface area contributed by atoms with E-state index in [9.17, 15) is 13.2 Å². The minimum Gasteiger partial charge on any atom is -0.379 e. The first-order chi connectivity index (χ1) is 14.7. The summed E-state index contributed by atoms with van der Waals surface area (Å²) in [5, 5.41) is 0. The minimum absolute atomic E-state index is 0.0300. The molecule has 0 spiro atoms. The molecule has 0 bridgehead atoms. The van der Waals surface area contributed by atoms with Gasteiger partial charge in [-0.15, -0.1) is 0 Å². The fraction of sp³-hybridized carbons (Fsp3) is 0.240. The Balaban J connectivity index is 1.67.